The molecule has 2 rings (SSSR count). The van der Waals surface area contributed by atoms with E-state index < -0.39 is 12.0 Å². The Labute approximate surface area is 101 Å². The summed E-state index contributed by atoms with van der Waals surface area (Å²) in [5, 5.41) is 0. The fourth-order valence-electron chi connectivity index (χ4n) is 1.51. The molecule has 0 atom stereocenters. The average molecular weight is 254 g/mol. The number of ketones is 1. The van der Waals surface area contributed by atoms with E-state index in [1.165, 1.54) is 6.08 Å². The molecule has 0 bridgehead atoms. The van der Waals surface area contributed by atoms with Crippen molar-refractivity contribution >= 4 is 11.6 Å². The second kappa shape index (κ2) is 4.29. The number of hydrogen-bond donors (Lipinski definition) is 0. The number of fused-ring (bicyclic) bond motifs is 1. The van der Waals surface area contributed by atoms with Crippen molar-refractivity contribution in [3.05, 3.63) is 48.0 Å². The summed E-state index contributed by atoms with van der Waals surface area (Å²) in [6, 6.07) is 0. The molecule has 2 aliphatic rings. The van der Waals surface area contributed by atoms with Crippen molar-refractivity contribution < 1.29 is 18.0 Å². The van der Waals surface area contributed by atoms with E-state index in [0.29, 0.717) is 11.9 Å². The maximum atomic E-state index is 12.1. The van der Waals surface area contributed by atoms with Gasteiger partial charge < -0.3 is 4.90 Å². The number of amidine groups is 1. The molecule has 0 aromatic rings. The Kier molecular flexibility index (Phi) is 2.94. The minimum atomic E-state index is -4.87. The van der Waals surface area contributed by atoms with Crippen molar-refractivity contribution in [2.45, 2.75) is 13.1 Å². The molecule has 6 heteroatoms. The second-order valence-corrected chi connectivity index (χ2v) is 3.78. The molecule has 3 nitrogen and oxygen atoms in total. The molecule has 0 aliphatic carbocycles. The van der Waals surface area contributed by atoms with E-state index in [-0.39, 0.29) is 5.70 Å². The number of aliphatic imine (C=N–C) groups is 1. The molecule has 0 N–H and O–H groups in total. The predicted octanol–water partition coefficient (Wildman–Crippen LogP) is 2.70. The van der Waals surface area contributed by atoms with Crippen molar-refractivity contribution in [3.63, 3.8) is 0 Å². The van der Waals surface area contributed by atoms with Crippen LogP contribution in [0.25, 0.3) is 0 Å². The van der Waals surface area contributed by atoms with Crippen LogP contribution in [0.2, 0.25) is 0 Å². The lowest BCUT2D eigenvalue weighted by atomic mass is 10.1. The monoisotopic (exact) mass is 254 g/mol. The normalized spacial score (nSPS) is 20.7. The first-order chi connectivity index (χ1) is 8.38. The quantitative estimate of drug-likeness (QED) is 0.674. The lowest BCUT2D eigenvalue weighted by Gasteiger charge is -2.24. The highest BCUT2D eigenvalue weighted by Gasteiger charge is 2.36. The van der Waals surface area contributed by atoms with Gasteiger partial charge in [0.1, 0.15) is 5.84 Å². The smallest absolute Gasteiger partial charge is 0.308 e. The lowest BCUT2D eigenvalue weighted by Crippen LogP contribution is -2.26. The largest absolute Gasteiger partial charge is 0.454 e. The number of halogens is 3. The Bertz CT molecular complexity index is 536. The number of nitrogens with zero attached hydrogens (tertiary/aromatic N) is 2. The van der Waals surface area contributed by atoms with Crippen molar-refractivity contribution in [1.82, 2.24) is 4.90 Å². The van der Waals surface area contributed by atoms with Gasteiger partial charge >= 0.3 is 6.18 Å². The van der Waals surface area contributed by atoms with Crippen LogP contribution in [0.3, 0.4) is 0 Å². The zero-order valence-electron chi connectivity index (χ0n) is 9.40. The third-order valence-corrected chi connectivity index (χ3v) is 2.39. The van der Waals surface area contributed by atoms with Crippen LogP contribution < -0.4 is 0 Å². The van der Waals surface area contributed by atoms with E-state index in [1.807, 2.05) is 0 Å². The molecule has 0 saturated heterocycles. The first-order valence-corrected chi connectivity index (χ1v) is 5.11. The Hall–Kier alpha value is -2.11. The summed E-state index contributed by atoms with van der Waals surface area (Å²) in [5.74, 6) is -1.39. The van der Waals surface area contributed by atoms with E-state index >= 15 is 0 Å². The summed E-state index contributed by atoms with van der Waals surface area (Å²) in [7, 11) is 0. The summed E-state index contributed by atoms with van der Waals surface area (Å²) in [5.41, 5.74) is 0.804. The summed E-state index contributed by atoms with van der Waals surface area (Å²) in [6.45, 7) is 1.79. The van der Waals surface area contributed by atoms with E-state index in [1.54, 1.807) is 36.4 Å². The lowest BCUT2D eigenvalue weighted by molar-refractivity contribution is -0.165. The fraction of sp³-hybridized carbons (Fsp3) is 0.167. The van der Waals surface area contributed by atoms with Gasteiger partial charge in [0.2, 0.25) is 0 Å². The van der Waals surface area contributed by atoms with Crippen LogP contribution in [0.4, 0.5) is 13.2 Å². The average Bonchev–Trinajstić information content (AvgIpc) is 2.29. The van der Waals surface area contributed by atoms with E-state index in [4.69, 9.17) is 0 Å². The number of rotatable bonds is 1. The van der Waals surface area contributed by atoms with Gasteiger partial charge in [-0.25, -0.2) is 4.99 Å². The van der Waals surface area contributed by atoms with Crippen molar-refractivity contribution in [2.75, 3.05) is 0 Å². The SMILES string of the molecule is CC1=CC=CN2C=C/C(=C\C(=O)C(F)(F)F)N=C12. The molecule has 2 heterocycles. The van der Waals surface area contributed by atoms with Crippen LogP contribution in [0, 0.1) is 0 Å². The summed E-state index contributed by atoms with van der Waals surface area (Å²) < 4.78 is 36.3. The number of alkyl halides is 3. The van der Waals surface area contributed by atoms with Crippen LogP contribution in [-0.4, -0.2) is 22.7 Å². The zero-order valence-corrected chi connectivity index (χ0v) is 9.40. The first kappa shape index (κ1) is 12.3. The Balaban J connectivity index is 2.29. The Morgan fingerprint density at radius 2 is 2.11 bits per heavy atom. The second-order valence-electron chi connectivity index (χ2n) is 3.78. The molecule has 0 spiro atoms. The van der Waals surface area contributed by atoms with Gasteiger partial charge in [-0.05, 0) is 24.6 Å². The maximum absolute atomic E-state index is 12.1. The molecule has 18 heavy (non-hydrogen) atoms. The highest BCUT2D eigenvalue weighted by Crippen LogP contribution is 2.22. The summed E-state index contributed by atoms with van der Waals surface area (Å²) in [4.78, 5) is 16.5. The minimum absolute atomic E-state index is 0.00775. The van der Waals surface area contributed by atoms with Crippen LogP contribution >= 0.6 is 0 Å². The van der Waals surface area contributed by atoms with Gasteiger partial charge in [-0.2, -0.15) is 13.2 Å². The van der Waals surface area contributed by atoms with Gasteiger partial charge in [0.15, 0.2) is 0 Å². The van der Waals surface area contributed by atoms with Gasteiger partial charge in [-0.15, -0.1) is 0 Å². The molecule has 0 aromatic heterocycles. The Morgan fingerprint density at radius 1 is 1.39 bits per heavy atom. The van der Waals surface area contributed by atoms with Gasteiger partial charge in [-0.1, -0.05) is 6.08 Å². The highest BCUT2D eigenvalue weighted by atomic mass is 19.4. The van der Waals surface area contributed by atoms with Gasteiger partial charge in [-0.3, -0.25) is 4.79 Å². The predicted molar refractivity (Wildman–Crippen MR) is 60.5 cm³/mol. The van der Waals surface area contributed by atoms with Crippen LogP contribution in [0.15, 0.2) is 53.0 Å². The number of carbonyl (C=O) groups is 1. The molecule has 0 aromatic carbocycles. The highest BCUT2D eigenvalue weighted by molar-refractivity contribution is 6.02. The summed E-state index contributed by atoms with van der Waals surface area (Å²) >= 11 is 0. The standard InChI is InChI=1S/C12H9F3N2O/c1-8-3-2-5-17-6-4-9(16-11(8)17)7-10(18)12(13,14)15/h2-7H,1H3/b9-7+. The number of allylic oxidation sites excluding steroid dienone is 4. The van der Waals surface area contributed by atoms with Crippen LogP contribution in [0.1, 0.15) is 6.92 Å². The molecule has 0 fully saturated rings. The number of carbonyl (C=O) groups excluding carboxylic acids is 1. The summed E-state index contributed by atoms with van der Waals surface area (Å²) in [6.07, 6.45) is 3.86. The van der Waals surface area contributed by atoms with Crippen LogP contribution in [-0.2, 0) is 4.79 Å². The minimum Gasteiger partial charge on any atom is -0.308 e. The van der Waals surface area contributed by atoms with Gasteiger partial charge in [0.25, 0.3) is 5.78 Å². The Morgan fingerprint density at radius 3 is 2.78 bits per heavy atom. The van der Waals surface area contributed by atoms with E-state index in [9.17, 15) is 18.0 Å². The molecule has 0 unspecified atom stereocenters. The topological polar surface area (TPSA) is 32.7 Å². The molecule has 0 radical (unpaired) electrons. The third kappa shape index (κ3) is 2.42. The van der Waals surface area contributed by atoms with Gasteiger partial charge in [0, 0.05) is 18.5 Å². The fourth-order valence-corrected chi connectivity index (χ4v) is 1.51. The van der Waals surface area contributed by atoms with Crippen molar-refractivity contribution in [1.29, 1.82) is 0 Å². The van der Waals surface area contributed by atoms with Gasteiger partial charge in [0.05, 0.1) is 5.70 Å². The molecule has 0 saturated carbocycles. The third-order valence-electron chi connectivity index (χ3n) is 2.39. The molecular formula is C12H9F3N2O. The molecule has 2 aliphatic heterocycles. The zero-order chi connectivity index (χ0) is 13.3. The first-order valence-electron chi connectivity index (χ1n) is 5.11. The molecular weight excluding hydrogens is 245 g/mol. The molecule has 94 valence electrons. The molecule has 0 amide bonds. The van der Waals surface area contributed by atoms with Crippen molar-refractivity contribution in [2.24, 2.45) is 4.99 Å². The van der Waals surface area contributed by atoms with Crippen LogP contribution in [0.5, 0.6) is 0 Å². The van der Waals surface area contributed by atoms with Crippen molar-refractivity contribution in [3.8, 4) is 0 Å². The van der Waals surface area contributed by atoms with E-state index in [2.05, 4.69) is 4.99 Å². The van der Waals surface area contributed by atoms with E-state index in [0.717, 1.165) is 5.57 Å². The number of hydrogen-bond acceptors (Lipinski definition) is 3. The maximum Gasteiger partial charge on any atom is 0.454 e.